The second-order valence-electron chi connectivity index (χ2n) is 7.00. The fourth-order valence-electron chi connectivity index (χ4n) is 3.28. The van der Waals surface area contributed by atoms with Crippen LogP contribution in [-0.4, -0.2) is 22.1 Å². The molecule has 0 atom stereocenters. The van der Waals surface area contributed by atoms with Crippen molar-refractivity contribution in [2.24, 2.45) is 0 Å². The average molecular weight is 420 g/mol. The number of aromatic nitrogens is 2. The molecule has 0 radical (unpaired) electrons. The molecule has 4 aromatic rings. The fourth-order valence-corrected chi connectivity index (χ4v) is 3.48. The zero-order chi connectivity index (χ0) is 20.9. The Morgan fingerprint density at radius 3 is 2.57 bits per heavy atom. The van der Waals surface area contributed by atoms with Crippen LogP contribution < -0.4 is 10.1 Å². The van der Waals surface area contributed by atoms with Crippen molar-refractivity contribution in [3.63, 3.8) is 0 Å². The molecule has 5 nitrogen and oxygen atoms in total. The number of fused-ring (bicyclic) bond motifs is 1. The molecule has 6 heteroatoms. The van der Waals surface area contributed by atoms with E-state index in [1.165, 1.54) is 0 Å². The molecule has 0 unspecified atom stereocenters. The summed E-state index contributed by atoms with van der Waals surface area (Å²) in [6.45, 7) is 3.34. The third-order valence-corrected chi connectivity index (χ3v) is 5.18. The van der Waals surface area contributed by atoms with Gasteiger partial charge in [0.05, 0.1) is 29.1 Å². The smallest absolute Gasteiger partial charge is 0.251 e. The lowest BCUT2D eigenvalue weighted by atomic mass is 10.1. The minimum atomic E-state index is -0.124. The Morgan fingerprint density at radius 1 is 1.03 bits per heavy atom. The van der Waals surface area contributed by atoms with Gasteiger partial charge in [-0.1, -0.05) is 53.6 Å². The molecular formula is C24H22ClN3O2. The van der Waals surface area contributed by atoms with Crippen molar-refractivity contribution in [2.45, 2.75) is 20.0 Å². The minimum Gasteiger partial charge on any atom is -0.490 e. The number of benzene rings is 3. The highest BCUT2D eigenvalue weighted by Crippen LogP contribution is 2.23. The largest absolute Gasteiger partial charge is 0.490 e. The van der Waals surface area contributed by atoms with Crippen LogP contribution in [0.25, 0.3) is 11.0 Å². The molecule has 0 fully saturated rings. The topological polar surface area (TPSA) is 56.2 Å². The molecule has 1 N–H and O–H groups in total. The molecule has 0 spiro atoms. The number of nitrogens with zero attached hydrogens (tertiary/aromatic N) is 2. The van der Waals surface area contributed by atoms with E-state index in [1.807, 2.05) is 73.7 Å². The Labute approximate surface area is 180 Å². The summed E-state index contributed by atoms with van der Waals surface area (Å²) < 4.78 is 7.92. The second kappa shape index (κ2) is 9.01. The quantitative estimate of drug-likeness (QED) is 0.458. The van der Waals surface area contributed by atoms with Gasteiger partial charge in [0.25, 0.3) is 5.91 Å². The van der Waals surface area contributed by atoms with Gasteiger partial charge in [-0.3, -0.25) is 4.79 Å². The highest BCUT2D eigenvalue weighted by Gasteiger charge is 2.13. The first-order chi connectivity index (χ1) is 14.6. The van der Waals surface area contributed by atoms with Gasteiger partial charge in [-0.15, -0.1) is 0 Å². The molecule has 0 aliphatic carbocycles. The molecule has 3 aromatic carbocycles. The van der Waals surface area contributed by atoms with E-state index in [2.05, 4.69) is 9.88 Å². The maximum atomic E-state index is 12.5. The maximum absolute atomic E-state index is 12.5. The van der Waals surface area contributed by atoms with Crippen LogP contribution in [0.1, 0.15) is 21.7 Å². The number of nitrogens with one attached hydrogen (secondary N) is 1. The predicted molar refractivity (Wildman–Crippen MR) is 119 cm³/mol. The van der Waals surface area contributed by atoms with Crippen molar-refractivity contribution in [1.29, 1.82) is 0 Å². The van der Waals surface area contributed by atoms with Gasteiger partial charge in [-0.05, 0) is 43.3 Å². The van der Waals surface area contributed by atoms with Crippen molar-refractivity contribution in [2.75, 3.05) is 6.61 Å². The first-order valence-corrected chi connectivity index (χ1v) is 10.2. The lowest BCUT2D eigenvalue weighted by Crippen LogP contribution is -2.25. The molecule has 1 amide bonds. The van der Waals surface area contributed by atoms with E-state index in [0.717, 1.165) is 22.4 Å². The van der Waals surface area contributed by atoms with Crippen molar-refractivity contribution >= 4 is 28.5 Å². The van der Waals surface area contributed by atoms with Crippen LogP contribution in [-0.2, 0) is 13.1 Å². The van der Waals surface area contributed by atoms with Crippen LogP contribution in [0.5, 0.6) is 5.75 Å². The molecule has 0 aliphatic rings. The number of rotatable bonds is 7. The normalized spacial score (nSPS) is 10.9. The molecule has 152 valence electrons. The molecular weight excluding hydrogens is 398 g/mol. The molecule has 0 bridgehead atoms. The summed E-state index contributed by atoms with van der Waals surface area (Å²) in [6, 6.07) is 22.8. The van der Waals surface area contributed by atoms with E-state index in [-0.39, 0.29) is 5.91 Å². The Morgan fingerprint density at radius 2 is 1.77 bits per heavy atom. The van der Waals surface area contributed by atoms with Gasteiger partial charge >= 0.3 is 0 Å². The molecule has 4 rings (SSSR count). The third kappa shape index (κ3) is 4.47. The van der Waals surface area contributed by atoms with Gasteiger partial charge in [0, 0.05) is 5.56 Å². The van der Waals surface area contributed by atoms with Gasteiger partial charge in [-0.25, -0.2) is 4.98 Å². The lowest BCUT2D eigenvalue weighted by molar-refractivity contribution is 0.0949. The first-order valence-electron chi connectivity index (χ1n) is 9.78. The maximum Gasteiger partial charge on any atom is 0.251 e. The number of ether oxygens (including phenoxy) is 1. The zero-order valence-corrected chi connectivity index (χ0v) is 17.4. The SMILES string of the molecule is Cc1ccc(C(=O)NCc2nc3ccccc3n2CCOc2ccccc2Cl)cc1. The molecule has 0 saturated heterocycles. The fraction of sp³-hybridized carbons (Fsp3) is 0.167. The van der Waals surface area contributed by atoms with Crippen LogP contribution >= 0.6 is 11.6 Å². The van der Waals surface area contributed by atoms with E-state index >= 15 is 0 Å². The summed E-state index contributed by atoms with van der Waals surface area (Å²) in [5.74, 6) is 1.30. The van der Waals surface area contributed by atoms with E-state index in [1.54, 1.807) is 6.07 Å². The Balaban J connectivity index is 1.49. The Bertz CT molecular complexity index is 1170. The predicted octanol–water partition coefficient (Wildman–Crippen LogP) is 5.01. The minimum absolute atomic E-state index is 0.124. The van der Waals surface area contributed by atoms with Gasteiger partial charge < -0.3 is 14.6 Å². The van der Waals surface area contributed by atoms with E-state index in [4.69, 9.17) is 21.3 Å². The average Bonchev–Trinajstić information content (AvgIpc) is 3.11. The first kappa shape index (κ1) is 20.0. The van der Waals surface area contributed by atoms with Crippen LogP contribution in [0.2, 0.25) is 5.02 Å². The highest BCUT2D eigenvalue weighted by atomic mass is 35.5. The van der Waals surface area contributed by atoms with E-state index in [9.17, 15) is 4.79 Å². The summed E-state index contributed by atoms with van der Waals surface area (Å²) in [4.78, 5) is 17.2. The van der Waals surface area contributed by atoms with Crippen LogP contribution in [0, 0.1) is 6.92 Å². The zero-order valence-electron chi connectivity index (χ0n) is 16.6. The molecule has 0 aliphatic heterocycles. The summed E-state index contributed by atoms with van der Waals surface area (Å²) in [6.07, 6.45) is 0. The van der Waals surface area contributed by atoms with Crippen LogP contribution in [0.15, 0.2) is 72.8 Å². The molecule has 0 saturated carbocycles. The molecule has 1 aromatic heterocycles. The van der Waals surface area contributed by atoms with Gasteiger partial charge in [-0.2, -0.15) is 0 Å². The Hall–Kier alpha value is -3.31. The van der Waals surface area contributed by atoms with Gasteiger partial charge in [0.2, 0.25) is 0 Å². The molecule has 1 heterocycles. The molecule has 30 heavy (non-hydrogen) atoms. The van der Waals surface area contributed by atoms with Crippen molar-refractivity contribution in [3.8, 4) is 5.75 Å². The number of carbonyl (C=O) groups excluding carboxylic acids is 1. The van der Waals surface area contributed by atoms with E-state index < -0.39 is 0 Å². The summed E-state index contributed by atoms with van der Waals surface area (Å²) in [5, 5.41) is 3.55. The summed E-state index contributed by atoms with van der Waals surface area (Å²) in [7, 11) is 0. The Kier molecular flexibility index (Phi) is 6.00. The van der Waals surface area contributed by atoms with Gasteiger partial charge in [0.15, 0.2) is 0 Å². The lowest BCUT2D eigenvalue weighted by Gasteiger charge is -2.12. The van der Waals surface area contributed by atoms with Crippen molar-refractivity contribution in [1.82, 2.24) is 14.9 Å². The van der Waals surface area contributed by atoms with Crippen LogP contribution in [0.4, 0.5) is 0 Å². The number of carbonyl (C=O) groups is 1. The number of para-hydroxylation sites is 3. The number of amides is 1. The summed E-state index contributed by atoms with van der Waals surface area (Å²) >= 11 is 6.17. The van der Waals surface area contributed by atoms with Crippen LogP contribution in [0.3, 0.4) is 0 Å². The summed E-state index contributed by atoms with van der Waals surface area (Å²) in [5.41, 5.74) is 3.63. The number of hydrogen-bond donors (Lipinski definition) is 1. The van der Waals surface area contributed by atoms with Gasteiger partial charge in [0.1, 0.15) is 18.2 Å². The van der Waals surface area contributed by atoms with Crippen molar-refractivity contribution < 1.29 is 9.53 Å². The number of hydrogen-bond acceptors (Lipinski definition) is 3. The van der Waals surface area contributed by atoms with Crippen molar-refractivity contribution in [3.05, 3.63) is 94.8 Å². The monoisotopic (exact) mass is 419 g/mol. The number of aryl methyl sites for hydroxylation is 1. The third-order valence-electron chi connectivity index (χ3n) is 4.86. The highest BCUT2D eigenvalue weighted by molar-refractivity contribution is 6.32. The number of imidazole rings is 1. The number of halogens is 1. The van der Waals surface area contributed by atoms with E-state index in [0.29, 0.717) is 36.0 Å². The standard InChI is InChI=1S/C24H22ClN3O2/c1-17-10-12-18(13-11-17)24(29)26-16-23-27-20-7-3-4-8-21(20)28(23)14-15-30-22-9-5-2-6-19(22)25/h2-13H,14-16H2,1H3,(H,26,29). The second-order valence-corrected chi connectivity index (χ2v) is 7.40.